The van der Waals surface area contributed by atoms with Crippen molar-refractivity contribution in [3.63, 3.8) is 0 Å². The zero-order chi connectivity index (χ0) is 31.5. The Morgan fingerprint density at radius 3 is 0.884 bits per heavy atom. The van der Waals surface area contributed by atoms with Crippen LogP contribution in [0.2, 0.25) is 0 Å². The molecule has 0 N–H and O–H groups in total. The van der Waals surface area contributed by atoms with Crippen molar-refractivity contribution in [3.05, 3.63) is 24.3 Å². The van der Waals surface area contributed by atoms with E-state index in [1.54, 1.807) is 0 Å². The van der Waals surface area contributed by atoms with Gasteiger partial charge in [-0.15, -0.1) is 0 Å². The second-order valence-corrected chi connectivity index (χ2v) is 10.7. The maximum Gasteiger partial charge on any atom is 2.00 e. The summed E-state index contributed by atoms with van der Waals surface area (Å²) in [5.41, 5.74) is 0. The molecule has 0 amide bonds. The minimum Gasteiger partial charge on any atom is -0.545 e. The molecule has 0 radical (unpaired) electrons. The van der Waals surface area contributed by atoms with E-state index >= 15 is 0 Å². The summed E-state index contributed by atoms with van der Waals surface area (Å²) in [4.78, 5) is 42.2. The van der Waals surface area contributed by atoms with Crippen molar-refractivity contribution in [3.8, 4) is 0 Å². The van der Waals surface area contributed by atoms with Crippen LogP contribution in [0.15, 0.2) is 24.3 Å². The molecule has 0 saturated carbocycles. The van der Waals surface area contributed by atoms with Gasteiger partial charge in [-0.25, -0.2) is 9.59 Å². The van der Waals surface area contributed by atoms with Crippen LogP contribution in [0.5, 0.6) is 0 Å². The molecule has 0 bridgehead atoms. The fraction of sp³-hybridized carbons (Fsp3) is 0.765. The molecule has 8 nitrogen and oxygen atoms in total. The zero-order valence-corrected chi connectivity index (χ0v) is 29.5. The Bertz CT molecular complexity index is 661. The molecule has 0 heterocycles. The third kappa shape index (κ3) is 45.2. The minimum atomic E-state index is -1.39. The first-order chi connectivity index (χ1) is 20.3. The van der Waals surface area contributed by atoms with E-state index in [1.165, 1.54) is 116 Å². The van der Waals surface area contributed by atoms with Gasteiger partial charge in [0.05, 0.1) is 25.2 Å². The van der Waals surface area contributed by atoms with Crippen molar-refractivity contribution in [1.29, 1.82) is 0 Å². The van der Waals surface area contributed by atoms with Gasteiger partial charge < -0.3 is 29.3 Å². The number of unbranched alkanes of at least 4 members (excludes halogenated alkanes) is 20. The third-order valence-corrected chi connectivity index (χ3v) is 6.70. The van der Waals surface area contributed by atoms with Crippen molar-refractivity contribution >= 4 is 61.6 Å². The maximum atomic E-state index is 11.0. The summed E-state index contributed by atoms with van der Waals surface area (Å²) < 4.78 is 9.72. The van der Waals surface area contributed by atoms with E-state index in [4.69, 9.17) is 9.47 Å². The Labute approximate surface area is 291 Å². The van der Waals surface area contributed by atoms with Crippen LogP contribution in [-0.4, -0.2) is 74.8 Å². The molecule has 0 spiro atoms. The molecule has 0 fully saturated rings. The largest absolute Gasteiger partial charge is 2.00 e. The fourth-order valence-electron chi connectivity index (χ4n) is 4.25. The fourth-order valence-corrected chi connectivity index (χ4v) is 4.25. The molecular formula is C34H58CaO8. The second-order valence-electron chi connectivity index (χ2n) is 10.7. The molecule has 0 aromatic carbocycles. The Hall–Kier alpha value is -1.38. The normalized spacial score (nSPS) is 10.7. The van der Waals surface area contributed by atoms with E-state index in [1.807, 2.05) is 0 Å². The molecule has 0 unspecified atom stereocenters. The van der Waals surface area contributed by atoms with Gasteiger partial charge in [-0.1, -0.05) is 142 Å². The Kier molecular flexibility index (Phi) is 41.4. The number of carboxylic acids is 2. The summed E-state index contributed by atoms with van der Waals surface area (Å²) in [6, 6.07) is 0. The third-order valence-electron chi connectivity index (χ3n) is 6.70. The van der Waals surface area contributed by atoms with Gasteiger partial charge in [0.15, 0.2) is 0 Å². The zero-order valence-electron chi connectivity index (χ0n) is 27.3. The Balaban J connectivity index is -0.000000727. The van der Waals surface area contributed by atoms with Crippen LogP contribution in [0.1, 0.15) is 155 Å². The summed E-state index contributed by atoms with van der Waals surface area (Å²) in [6.45, 7) is 5.17. The van der Waals surface area contributed by atoms with Gasteiger partial charge >= 0.3 is 49.7 Å². The van der Waals surface area contributed by atoms with Crippen LogP contribution in [-0.2, 0) is 28.7 Å². The number of ether oxygens (including phenoxy) is 2. The number of hydrogen-bond donors (Lipinski definition) is 0. The summed E-state index contributed by atoms with van der Waals surface area (Å²) in [7, 11) is 0. The van der Waals surface area contributed by atoms with Gasteiger partial charge in [0.25, 0.3) is 0 Å². The molecule has 43 heavy (non-hydrogen) atoms. The SMILES string of the molecule is CCCCCCCCCCCCCOC(=O)/C=C\C(=O)[O-].CCCCCCCCCCCCCOC(=O)/C=C\C(=O)[O-].[Ca+2]. The van der Waals surface area contributed by atoms with E-state index in [-0.39, 0.29) is 37.7 Å². The molecule has 0 aliphatic rings. The van der Waals surface area contributed by atoms with E-state index in [9.17, 15) is 29.4 Å². The van der Waals surface area contributed by atoms with Crippen LogP contribution in [0.3, 0.4) is 0 Å². The summed E-state index contributed by atoms with van der Waals surface area (Å²) in [6.07, 6.45) is 30.4. The average molecular weight is 635 g/mol. The Morgan fingerprint density at radius 2 is 0.651 bits per heavy atom. The van der Waals surface area contributed by atoms with Crippen LogP contribution < -0.4 is 10.2 Å². The number of carboxylic acid groups (broad SMARTS) is 2. The van der Waals surface area contributed by atoms with Crippen molar-refractivity contribution < 1.29 is 38.9 Å². The predicted molar refractivity (Wildman–Crippen MR) is 169 cm³/mol. The monoisotopic (exact) mass is 634 g/mol. The molecule has 0 aromatic heterocycles. The molecule has 0 aliphatic heterocycles. The van der Waals surface area contributed by atoms with Crippen LogP contribution in [0.25, 0.3) is 0 Å². The van der Waals surface area contributed by atoms with Crippen molar-refractivity contribution in [2.75, 3.05) is 13.2 Å². The van der Waals surface area contributed by atoms with E-state index < -0.39 is 23.9 Å². The quantitative estimate of drug-likeness (QED) is 0.0449. The van der Waals surface area contributed by atoms with Gasteiger partial charge in [-0.3, -0.25) is 0 Å². The van der Waals surface area contributed by atoms with Gasteiger partial charge in [-0.2, -0.15) is 0 Å². The Morgan fingerprint density at radius 1 is 0.419 bits per heavy atom. The van der Waals surface area contributed by atoms with Gasteiger partial charge in [0.2, 0.25) is 0 Å². The first-order valence-corrected chi connectivity index (χ1v) is 16.4. The molecule has 9 heteroatoms. The van der Waals surface area contributed by atoms with Crippen molar-refractivity contribution in [2.24, 2.45) is 0 Å². The topological polar surface area (TPSA) is 133 Å². The molecule has 0 rings (SSSR count). The van der Waals surface area contributed by atoms with Crippen LogP contribution in [0, 0.1) is 0 Å². The van der Waals surface area contributed by atoms with Crippen LogP contribution >= 0.6 is 0 Å². The standard InChI is InChI=1S/2C17H30O4.Ca/c2*1-2-3-4-5-6-7-8-9-10-11-12-15-21-17(20)14-13-16(18)19;/h2*13-14H,2-12,15H2,1H3,(H,18,19);/q;;+2/p-2/b2*14-13-;. The number of esters is 2. The van der Waals surface area contributed by atoms with Crippen molar-refractivity contribution in [1.82, 2.24) is 0 Å². The molecular weight excluding hydrogens is 576 g/mol. The van der Waals surface area contributed by atoms with E-state index in [2.05, 4.69) is 13.8 Å². The summed E-state index contributed by atoms with van der Waals surface area (Å²) >= 11 is 0. The van der Waals surface area contributed by atoms with Crippen molar-refractivity contribution in [2.45, 2.75) is 155 Å². The summed E-state index contributed by atoms with van der Waals surface area (Å²) in [5, 5.41) is 20.1. The number of aliphatic carboxylic acids is 2. The number of carbonyl (C=O) groups excluding carboxylic acids is 4. The number of rotatable bonds is 28. The van der Waals surface area contributed by atoms with Gasteiger partial charge in [-0.05, 0) is 25.0 Å². The van der Waals surface area contributed by atoms with Crippen LogP contribution in [0.4, 0.5) is 0 Å². The summed E-state index contributed by atoms with van der Waals surface area (Å²) in [5.74, 6) is -4.01. The first-order valence-electron chi connectivity index (χ1n) is 16.4. The molecule has 244 valence electrons. The first kappa shape index (κ1) is 46.0. The maximum absolute atomic E-state index is 11.0. The number of carbonyl (C=O) groups is 4. The molecule has 0 aliphatic carbocycles. The average Bonchev–Trinajstić information content (AvgIpc) is 2.96. The van der Waals surface area contributed by atoms with E-state index in [0.29, 0.717) is 25.4 Å². The second kappa shape index (κ2) is 38.6. The minimum absolute atomic E-state index is 0. The van der Waals surface area contributed by atoms with E-state index in [0.717, 1.165) is 37.8 Å². The molecule has 0 aromatic rings. The number of hydrogen-bond acceptors (Lipinski definition) is 8. The van der Waals surface area contributed by atoms with Gasteiger partial charge in [0.1, 0.15) is 0 Å². The predicted octanol–water partition coefficient (Wildman–Crippen LogP) is 5.91. The smallest absolute Gasteiger partial charge is 0.545 e. The molecule has 0 atom stereocenters. The molecule has 0 saturated heterocycles. The van der Waals surface area contributed by atoms with Gasteiger partial charge in [0, 0.05) is 12.2 Å².